The Kier molecular flexibility index (Phi) is 3.77. The minimum atomic E-state index is -0.108. The van der Waals surface area contributed by atoms with Crippen LogP contribution in [0.4, 0.5) is 0 Å². The van der Waals surface area contributed by atoms with Gasteiger partial charge in [-0.15, -0.1) is 0 Å². The van der Waals surface area contributed by atoms with Crippen LogP contribution in [0.1, 0.15) is 11.3 Å². The first-order valence-corrected chi connectivity index (χ1v) is 7.80. The molecule has 0 aliphatic carbocycles. The van der Waals surface area contributed by atoms with Crippen LogP contribution in [0.15, 0.2) is 10.9 Å². The van der Waals surface area contributed by atoms with Crippen LogP contribution in [-0.2, 0) is 11.3 Å². The van der Waals surface area contributed by atoms with E-state index in [9.17, 15) is 9.59 Å². The van der Waals surface area contributed by atoms with E-state index in [1.165, 1.54) is 15.5 Å². The van der Waals surface area contributed by atoms with Crippen LogP contribution in [-0.4, -0.2) is 45.9 Å². The zero-order valence-electron chi connectivity index (χ0n) is 12.2. The van der Waals surface area contributed by atoms with Crippen LogP contribution in [0.2, 0.25) is 0 Å². The Balaban J connectivity index is 1.90. The van der Waals surface area contributed by atoms with E-state index in [4.69, 9.17) is 0 Å². The molecular weight excluding hydrogens is 288 g/mol. The summed E-state index contributed by atoms with van der Waals surface area (Å²) in [6.45, 7) is 6.96. The summed E-state index contributed by atoms with van der Waals surface area (Å²) >= 11 is 1.27. The number of hydrogen-bond acceptors (Lipinski definition) is 5. The van der Waals surface area contributed by atoms with Crippen molar-refractivity contribution >= 4 is 27.7 Å². The van der Waals surface area contributed by atoms with E-state index in [-0.39, 0.29) is 18.0 Å². The number of rotatable bonds is 2. The fourth-order valence-electron chi connectivity index (χ4n) is 2.64. The van der Waals surface area contributed by atoms with Crippen LogP contribution >= 0.6 is 11.5 Å². The minimum Gasteiger partial charge on any atom is -0.339 e. The quantitative estimate of drug-likeness (QED) is 0.878. The predicted octanol–water partition coefficient (Wildman–Crippen LogP) is 0.507. The largest absolute Gasteiger partial charge is 0.339 e. The van der Waals surface area contributed by atoms with Crippen LogP contribution in [0, 0.1) is 13.8 Å². The molecule has 0 spiro atoms. The molecule has 0 unspecified atom stereocenters. The highest BCUT2D eigenvalue weighted by molar-refractivity contribution is 7.13. The van der Waals surface area contributed by atoms with E-state index in [2.05, 4.69) is 10.3 Å². The van der Waals surface area contributed by atoms with Gasteiger partial charge in [-0.3, -0.25) is 13.5 Å². The monoisotopic (exact) mass is 306 g/mol. The van der Waals surface area contributed by atoms with Gasteiger partial charge >= 0.3 is 0 Å². The summed E-state index contributed by atoms with van der Waals surface area (Å²) in [5.41, 5.74) is 1.71. The molecule has 1 N–H and O–H groups in total. The Hall–Kier alpha value is -1.73. The highest BCUT2D eigenvalue weighted by Crippen LogP contribution is 2.19. The molecule has 0 saturated carbocycles. The molecule has 1 saturated heterocycles. The van der Waals surface area contributed by atoms with Gasteiger partial charge in [0.1, 0.15) is 11.4 Å². The van der Waals surface area contributed by atoms with Gasteiger partial charge in [0.25, 0.3) is 5.56 Å². The maximum atomic E-state index is 12.4. The van der Waals surface area contributed by atoms with Crippen molar-refractivity contribution in [3.8, 4) is 0 Å². The standard InChI is InChI=1S/C14H18N4O2S/c1-9-7-10(2)16-13-12(9)14(20)18(21-13)8-11(19)17-5-3-15-4-6-17/h7,15H,3-6,8H2,1-2H3. The highest BCUT2D eigenvalue weighted by atomic mass is 32.1. The fourth-order valence-corrected chi connectivity index (χ4v) is 3.72. The lowest BCUT2D eigenvalue weighted by Gasteiger charge is -2.27. The summed E-state index contributed by atoms with van der Waals surface area (Å²) in [5.74, 6) is -0.000434. The molecule has 7 heteroatoms. The highest BCUT2D eigenvalue weighted by Gasteiger charge is 2.19. The van der Waals surface area contributed by atoms with E-state index in [0.29, 0.717) is 23.3 Å². The van der Waals surface area contributed by atoms with Gasteiger partial charge in [-0.25, -0.2) is 4.98 Å². The number of piperazine rings is 1. The summed E-state index contributed by atoms with van der Waals surface area (Å²) in [7, 11) is 0. The lowest BCUT2D eigenvalue weighted by molar-refractivity contribution is -0.132. The number of nitrogens with one attached hydrogen (secondary N) is 1. The van der Waals surface area contributed by atoms with Gasteiger partial charge in [0.05, 0.1) is 5.39 Å². The summed E-state index contributed by atoms with van der Waals surface area (Å²) in [6, 6.07) is 1.90. The molecule has 0 radical (unpaired) electrons. The predicted molar refractivity (Wildman–Crippen MR) is 82.8 cm³/mol. The van der Waals surface area contributed by atoms with Crippen molar-refractivity contribution in [1.29, 1.82) is 0 Å². The molecule has 2 aromatic rings. The molecule has 0 bridgehead atoms. The number of amides is 1. The SMILES string of the molecule is Cc1cc(C)c2c(=O)n(CC(=O)N3CCNCC3)sc2n1. The van der Waals surface area contributed by atoms with Crippen molar-refractivity contribution in [2.24, 2.45) is 0 Å². The summed E-state index contributed by atoms with van der Waals surface area (Å²) in [4.78, 5) is 31.6. The van der Waals surface area contributed by atoms with Crippen molar-refractivity contribution in [3.63, 3.8) is 0 Å². The zero-order valence-corrected chi connectivity index (χ0v) is 13.0. The second kappa shape index (κ2) is 5.57. The Bertz CT molecular complexity index is 743. The molecule has 1 fully saturated rings. The number of aryl methyl sites for hydroxylation is 2. The van der Waals surface area contributed by atoms with Gasteiger partial charge in [-0.2, -0.15) is 0 Å². The van der Waals surface area contributed by atoms with Crippen LogP contribution < -0.4 is 10.9 Å². The molecule has 1 aliphatic rings. The second-order valence-electron chi connectivity index (χ2n) is 5.32. The minimum absolute atomic E-state index is 0.000434. The fraction of sp³-hybridized carbons (Fsp3) is 0.500. The number of carbonyl (C=O) groups is 1. The third kappa shape index (κ3) is 2.71. The van der Waals surface area contributed by atoms with Gasteiger partial charge in [-0.05, 0) is 37.0 Å². The third-order valence-electron chi connectivity index (χ3n) is 3.70. The van der Waals surface area contributed by atoms with Gasteiger partial charge in [0, 0.05) is 31.9 Å². The Labute approximate surface area is 126 Å². The van der Waals surface area contributed by atoms with Gasteiger partial charge < -0.3 is 10.2 Å². The van der Waals surface area contributed by atoms with Crippen molar-refractivity contribution in [2.75, 3.05) is 26.2 Å². The molecule has 1 aliphatic heterocycles. The average molecular weight is 306 g/mol. The van der Waals surface area contributed by atoms with Crippen LogP contribution in [0.25, 0.3) is 10.2 Å². The van der Waals surface area contributed by atoms with E-state index in [1.54, 1.807) is 4.90 Å². The molecule has 3 rings (SSSR count). The molecule has 0 atom stereocenters. The van der Waals surface area contributed by atoms with Crippen LogP contribution in [0.5, 0.6) is 0 Å². The van der Waals surface area contributed by atoms with Crippen molar-refractivity contribution in [3.05, 3.63) is 27.7 Å². The zero-order chi connectivity index (χ0) is 15.0. The lowest BCUT2D eigenvalue weighted by atomic mass is 10.2. The summed E-state index contributed by atoms with van der Waals surface area (Å²) in [6.07, 6.45) is 0. The normalized spacial score (nSPS) is 15.6. The first kappa shape index (κ1) is 14.2. The number of carbonyl (C=O) groups excluding carboxylic acids is 1. The Morgan fingerprint density at radius 3 is 2.81 bits per heavy atom. The molecule has 112 valence electrons. The van der Waals surface area contributed by atoms with Gasteiger partial charge in [0.15, 0.2) is 0 Å². The van der Waals surface area contributed by atoms with Crippen molar-refractivity contribution in [1.82, 2.24) is 19.2 Å². The van der Waals surface area contributed by atoms with Crippen molar-refractivity contribution in [2.45, 2.75) is 20.4 Å². The average Bonchev–Trinajstić information content (AvgIpc) is 2.76. The third-order valence-corrected chi connectivity index (χ3v) is 4.68. The maximum Gasteiger partial charge on any atom is 0.270 e. The second-order valence-corrected chi connectivity index (χ2v) is 6.33. The number of hydrogen-bond donors (Lipinski definition) is 1. The van der Waals surface area contributed by atoms with Crippen LogP contribution in [0.3, 0.4) is 0 Å². The summed E-state index contributed by atoms with van der Waals surface area (Å²) < 4.78 is 1.52. The molecule has 1 amide bonds. The Morgan fingerprint density at radius 2 is 2.10 bits per heavy atom. The first-order valence-electron chi connectivity index (χ1n) is 7.03. The van der Waals surface area contributed by atoms with Gasteiger partial charge in [-0.1, -0.05) is 0 Å². The topological polar surface area (TPSA) is 67.2 Å². The van der Waals surface area contributed by atoms with E-state index < -0.39 is 0 Å². The number of pyridine rings is 1. The first-order chi connectivity index (χ1) is 10.1. The molecular formula is C14H18N4O2S. The molecule has 6 nitrogen and oxygen atoms in total. The molecule has 3 heterocycles. The Morgan fingerprint density at radius 1 is 1.38 bits per heavy atom. The van der Waals surface area contributed by atoms with E-state index >= 15 is 0 Å². The number of fused-ring (bicyclic) bond motifs is 1. The number of nitrogens with zero attached hydrogens (tertiary/aromatic N) is 3. The molecule has 2 aromatic heterocycles. The van der Waals surface area contributed by atoms with Gasteiger partial charge in [0.2, 0.25) is 5.91 Å². The number of aromatic nitrogens is 2. The smallest absolute Gasteiger partial charge is 0.270 e. The lowest BCUT2D eigenvalue weighted by Crippen LogP contribution is -2.47. The maximum absolute atomic E-state index is 12.4. The summed E-state index contributed by atoms with van der Waals surface area (Å²) in [5, 5.41) is 3.85. The van der Waals surface area contributed by atoms with E-state index in [1.807, 2.05) is 19.9 Å². The molecule has 21 heavy (non-hydrogen) atoms. The van der Waals surface area contributed by atoms with Crippen molar-refractivity contribution < 1.29 is 4.79 Å². The van der Waals surface area contributed by atoms with E-state index in [0.717, 1.165) is 24.3 Å². The molecule has 0 aromatic carbocycles.